The SMILES string of the molecule is CN1C[C@@H]2C[C@H]1CN2c1ccc(C(C)(C)C)cn1. The van der Waals surface area contributed by atoms with Gasteiger partial charge in [-0.25, -0.2) is 4.98 Å². The van der Waals surface area contributed by atoms with Gasteiger partial charge in [-0.3, -0.25) is 4.90 Å². The summed E-state index contributed by atoms with van der Waals surface area (Å²) in [6, 6.07) is 5.84. The van der Waals surface area contributed by atoms with Crippen LogP contribution in [0.3, 0.4) is 0 Å². The molecule has 98 valence electrons. The maximum atomic E-state index is 4.68. The Bertz CT molecular complexity index is 430. The van der Waals surface area contributed by atoms with E-state index in [0.29, 0.717) is 6.04 Å². The molecule has 3 heteroatoms. The van der Waals surface area contributed by atoms with Crippen LogP contribution in [0.5, 0.6) is 0 Å². The molecule has 0 N–H and O–H groups in total. The lowest BCUT2D eigenvalue weighted by Crippen LogP contribution is -2.44. The van der Waals surface area contributed by atoms with Gasteiger partial charge in [-0.05, 0) is 30.5 Å². The molecule has 2 fully saturated rings. The van der Waals surface area contributed by atoms with Crippen molar-refractivity contribution in [1.29, 1.82) is 0 Å². The fourth-order valence-electron chi connectivity index (χ4n) is 3.15. The van der Waals surface area contributed by atoms with Gasteiger partial charge >= 0.3 is 0 Å². The maximum Gasteiger partial charge on any atom is 0.128 e. The zero-order chi connectivity index (χ0) is 12.9. The molecule has 0 amide bonds. The number of rotatable bonds is 1. The number of anilines is 1. The predicted octanol–water partition coefficient (Wildman–Crippen LogP) is 2.27. The average Bonchev–Trinajstić information content (AvgIpc) is 2.86. The molecule has 2 atom stereocenters. The number of aromatic nitrogens is 1. The Morgan fingerprint density at radius 1 is 1.17 bits per heavy atom. The molecule has 2 bridgehead atoms. The fraction of sp³-hybridized carbons (Fsp3) is 0.667. The molecule has 0 aliphatic carbocycles. The second-order valence-electron chi connectivity index (χ2n) is 6.79. The van der Waals surface area contributed by atoms with Crippen LogP contribution in [-0.2, 0) is 5.41 Å². The molecule has 3 heterocycles. The predicted molar refractivity (Wildman–Crippen MR) is 75.1 cm³/mol. The van der Waals surface area contributed by atoms with Crippen molar-refractivity contribution in [3.8, 4) is 0 Å². The highest BCUT2D eigenvalue weighted by Crippen LogP contribution is 2.33. The molecule has 18 heavy (non-hydrogen) atoms. The zero-order valence-electron chi connectivity index (χ0n) is 11.8. The molecule has 0 spiro atoms. The van der Waals surface area contributed by atoms with Crippen molar-refractivity contribution in [1.82, 2.24) is 9.88 Å². The number of likely N-dealkylation sites (N-methyl/N-ethyl adjacent to an activating group) is 1. The van der Waals surface area contributed by atoms with E-state index in [1.165, 1.54) is 18.5 Å². The molecular formula is C15H23N3. The van der Waals surface area contributed by atoms with Gasteiger partial charge < -0.3 is 4.90 Å². The molecule has 0 unspecified atom stereocenters. The van der Waals surface area contributed by atoms with E-state index in [-0.39, 0.29) is 5.41 Å². The highest BCUT2D eigenvalue weighted by molar-refractivity contribution is 5.44. The van der Waals surface area contributed by atoms with Crippen LogP contribution in [0.2, 0.25) is 0 Å². The van der Waals surface area contributed by atoms with Crippen LogP contribution in [0.15, 0.2) is 18.3 Å². The summed E-state index contributed by atoms with van der Waals surface area (Å²) >= 11 is 0. The van der Waals surface area contributed by atoms with E-state index in [9.17, 15) is 0 Å². The lowest BCUT2D eigenvalue weighted by molar-refractivity contribution is 0.292. The maximum absolute atomic E-state index is 4.68. The minimum Gasteiger partial charge on any atom is -0.351 e. The van der Waals surface area contributed by atoms with Gasteiger partial charge in [0.15, 0.2) is 0 Å². The van der Waals surface area contributed by atoms with Gasteiger partial charge in [0.2, 0.25) is 0 Å². The van der Waals surface area contributed by atoms with Gasteiger partial charge in [-0.15, -0.1) is 0 Å². The molecule has 2 saturated heterocycles. The third kappa shape index (κ3) is 1.91. The lowest BCUT2D eigenvalue weighted by atomic mass is 9.88. The first-order valence-corrected chi connectivity index (χ1v) is 6.88. The zero-order valence-corrected chi connectivity index (χ0v) is 11.8. The van der Waals surface area contributed by atoms with E-state index >= 15 is 0 Å². The summed E-state index contributed by atoms with van der Waals surface area (Å²) in [6.45, 7) is 9.03. The summed E-state index contributed by atoms with van der Waals surface area (Å²) in [7, 11) is 2.23. The van der Waals surface area contributed by atoms with Crippen molar-refractivity contribution in [3.05, 3.63) is 23.9 Å². The number of pyridine rings is 1. The second kappa shape index (κ2) is 3.95. The molecule has 0 aromatic carbocycles. The van der Waals surface area contributed by atoms with Crippen LogP contribution < -0.4 is 4.90 Å². The largest absolute Gasteiger partial charge is 0.351 e. The minimum atomic E-state index is 0.190. The molecular weight excluding hydrogens is 222 g/mol. The van der Waals surface area contributed by atoms with Gasteiger partial charge in [0.1, 0.15) is 5.82 Å². The Labute approximate surface area is 110 Å². The monoisotopic (exact) mass is 245 g/mol. The van der Waals surface area contributed by atoms with E-state index < -0.39 is 0 Å². The van der Waals surface area contributed by atoms with E-state index in [4.69, 9.17) is 0 Å². The first-order valence-electron chi connectivity index (χ1n) is 6.88. The average molecular weight is 245 g/mol. The second-order valence-corrected chi connectivity index (χ2v) is 6.79. The van der Waals surface area contributed by atoms with Crippen molar-refractivity contribution >= 4 is 5.82 Å². The summed E-state index contributed by atoms with van der Waals surface area (Å²) in [5.41, 5.74) is 1.50. The van der Waals surface area contributed by atoms with Crippen LogP contribution >= 0.6 is 0 Å². The Hall–Kier alpha value is -1.09. The Morgan fingerprint density at radius 3 is 2.39 bits per heavy atom. The number of hydrogen-bond donors (Lipinski definition) is 0. The highest BCUT2D eigenvalue weighted by Gasteiger charge is 2.41. The molecule has 0 saturated carbocycles. The van der Waals surface area contributed by atoms with Gasteiger partial charge in [0.25, 0.3) is 0 Å². The van der Waals surface area contributed by atoms with E-state index in [1.54, 1.807) is 0 Å². The molecule has 0 radical (unpaired) electrons. The summed E-state index contributed by atoms with van der Waals surface area (Å²) in [6.07, 6.45) is 3.35. The molecule has 1 aromatic rings. The summed E-state index contributed by atoms with van der Waals surface area (Å²) in [4.78, 5) is 9.64. The molecule has 2 aliphatic heterocycles. The van der Waals surface area contributed by atoms with Crippen LogP contribution in [0.25, 0.3) is 0 Å². The van der Waals surface area contributed by atoms with Crippen LogP contribution in [-0.4, -0.2) is 42.1 Å². The van der Waals surface area contributed by atoms with Crippen molar-refractivity contribution in [3.63, 3.8) is 0 Å². The highest BCUT2D eigenvalue weighted by atomic mass is 15.4. The number of hydrogen-bond acceptors (Lipinski definition) is 3. The fourth-order valence-corrected chi connectivity index (χ4v) is 3.15. The third-order valence-electron chi connectivity index (χ3n) is 4.42. The standard InChI is InChI=1S/C15H23N3/c1-15(2,3)11-5-6-14(16-8-11)18-10-12-7-13(18)9-17(12)4/h5-6,8,12-13H,7,9-10H2,1-4H3/t12-,13-/m0/s1. The minimum absolute atomic E-state index is 0.190. The van der Waals surface area contributed by atoms with Crippen molar-refractivity contribution < 1.29 is 0 Å². The van der Waals surface area contributed by atoms with Gasteiger partial charge in [-0.2, -0.15) is 0 Å². The van der Waals surface area contributed by atoms with Gasteiger partial charge in [-0.1, -0.05) is 26.8 Å². The summed E-state index contributed by atoms with van der Waals surface area (Å²) in [5, 5.41) is 0. The summed E-state index contributed by atoms with van der Waals surface area (Å²) in [5.74, 6) is 1.16. The van der Waals surface area contributed by atoms with Crippen LogP contribution in [0.1, 0.15) is 32.8 Å². The Morgan fingerprint density at radius 2 is 1.94 bits per heavy atom. The molecule has 3 rings (SSSR count). The Kier molecular flexibility index (Phi) is 2.63. The van der Waals surface area contributed by atoms with E-state index in [2.05, 4.69) is 54.7 Å². The number of nitrogens with zero attached hydrogens (tertiary/aromatic N) is 3. The number of fused-ring (bicyclic) bond motifs is 2. The smallest absolute Gasteiger partial charge is 0.128 e. The lowest BCUT2D eigenvalue weighted by Gasteiger charge is -2.33. The summed E-state index contributed by atoms with van der Waals surface area (Å²) < 4.78 is 0. The van der Waals surface area contributed by atoms with Crippen LogP contribution in [0.4, 0.5) is 5.82 Å². The first kappa shape index (κ1) is 12.0. The van der Waals surface area contributed by atoms with E-state index in [1.807, 2.05) is 6.20 Å². The molecule has 2 aliphatic rings. The van der Waals surface area contributed by atoms with Gasteiger partial charge in [0, 0.05) is 31.4 Å². The normalized spacial score (nSPS) is 28.1. The molecule has 1 aromatic heterocycles. The Balaban J connectivity index is 1.79. The molecule has 3 nitrogen and oxygen atoms in total. The third-order valence-corrected chi connectivity index (χ3v) is 4.42. The van der Waals surface area contributed by atoms with Crippen LogP contribution in [0, 0.1) is 0 Å². The topological polar surface area (TPSA) is 19.4 Å². The van der Waals surface area contributed by atoms with Gasteiger partial charge in [0.05, 0.1) is 0 Å². The van der Waals surface area contributed by atoms with Crippen molar-refractivity contribution in [2.45, 2.75) is 44.7 Å². The quantitative estimate of drug-likeness (QED) is 0.756. The van der Waals surface area contributed by atoms with Crippen molar-refractivity contribution in [2.75, 3.05) is 25.0 Å². The first-order chi connectivity index (χ1) is 8.45. The van der Waals surface area contributed by atoms with Crippen molar-refractivity contribution in [2.24, 2.45) is 0 Å². The van der Waals surface area contributed by atoms with E-state index in [0.717, 1.165) is 18.4 Å². The number of piperazine rings is 1. The number of likely N-dealkylation sites (tertiary alicyclic amines) is 1.